The highest BCUT2D eigenvalue weighted by atomic mass is 127. The van der Waals surface area contributed by atoms with Gasteiger partial charge in [0, 0.05) is 32.2 Å². The van der Waals surface area contributed by atoms with Gasteiger partial charge in [0.1, 0.15) is 5.75 Å². The van der Waals surface area contributed by atoms with E-state index < -0.39 is 0 Å². The topological polar surface area (TPSA) is 66.0 Å². The third kappa shape index (κ3) is 7.38. The van der Waals surface area contributed by atoms with Crippen molar-refractivity contribution in [2.24, 2.45) is 4.99 Å². The van der Waals surface area contributed by atoms with Gasteiger partial charge >= 0.3 is 0 Å². The van der Waals surface area contributed by atoms with Crippen LogP contribution in [0.3, 0.4) is 0 Å². The molecule has 28 heavy (non-hydrogen) atoms. The van der Waals surface area contributed by atoms with Crippen molar-refractivity contribution in [2.45, 2.75) is 20.0 Å². The highest BCUT2D eigenvalue weighted by molar-refractivity contribution is 14.0. The molecule has 0 fully saturated rings. The zero-order valence-corrected chi connectivity index (χ0v) is 19.0. The number of halogens is 1. The molecule has 0 atom stereocenters. The van der Waals surface area contributed by atoms with Gasteiger partial charge in [-0.3, -0.25) is 9.79 Å². The van der Waals surface area contributed by atoms with Crippen LogP contribution in [0.25, 0.3) is 0 Å². The highest BCUT2D eigenvalue weighted by Gasteiger charge is 2.13. The first-order chi connectivity index (χ1) is 13.2. The van der Waals surface area contributed by atoms with E-state index >= 15 is 0 Å². The molecule has 0 heterocycles. The lowest BCUT2D eigenvalue weighted by Crippen LogP contribution is -2.44. The number of guanidine groups is 1. The maximum atomic E-state index is 12.5. The summed E-state index contributed by atoms with van der Waals surface area (Å²) in [7, 11) is 3.33. The van der Waals surface area contributed by atoms with Crippen molar-refractivity contribution in [1.82, 2.24) is 15.5 Å². The second-order valence-electron chi connectivity index (χ2n) is 5.98. The highest BCUT2D eigenvalue weighted by Crippen LogP contribution is 2.16. The molecular weight excluding hydrogens is 467 g/mol. The van der Waals surface area contributed by atoms with Crippen molar-refractivity contribution in [3.8, 4) is 5.75 Å². The minimum atomic E-state index is 0. The first-order valence-electron chi connectivity index (χ1n) is 9.06. The van der Waals surface area contributed by atoms with Crippen LogP contribution in [0.15, 0.2) is 59.6 Å². The zero-order chi connectivity index (χ0) is 19.5. The molecule has 2 rings (SSSR count). The average molecular weight is 496 g/mol. The molecule has 0 saturated heterocycles. The molecular formula is C21H29IN4O2. The average Bonchev–Trinajstić information content (AvgIpc) is 2.72. The Balaban J connectivity index is 0.00000392. The number of hydrogen-bond acceptors (Lipinski definition) is 3. The maximum absolute atomic E-state index is 12.5. The van der Waals surface area contributed by atoms with Crippen LogP contribution in [0.4, 0.5) is 0 Å². The number of hydrogen-bond donors (Lipinski definition) is 2. The summed E-state index contributed by atoms with van der Waals surface area (Å²) in [5.74, 6) is 1.42. The van der Waals surface area contributed by atoms with Gasteiger partial charge in [-0.15, -0.1) is 24.0 Å². The van der Waals surface area contributed by atoms with Crippen LogP contribution in [0, 0.1) is 0 Å². The predicted molar refractivity (Wildman–Crippen MR) is 124 cm³/mol. The molecule has 0 spiro atoms. The first-order valence-corrected chi connectivity index (χ1v) is 9.06. The summed E-state index contributed by atoms with van der Waals surface area (Å²) in [5, 5.41) is 6.29. The number of nitrogens with one attached hydrogen (secondary N) is 2. The van der Waals surface area contributed by atoms with Crippen molar-refractivity contribution in [3.63, 3.8) is 0 Å². The van der Waals surface area contributed by atoms with E-state index in [1.165, 1.54) is 0 Å². The Morgan fingerprint density at radius 1 is 1.07 bits per heavy atom. The van der Waals surface area contributed by atoms with Crippen LogP contribution in [0.5, 0.6) is 5.75 Å². The third-order valence-electron chi connectivity index (χ3n) is 4.22. The Bertz CT molecular complexity index is 753. The van der Waals surface area contributed by atoms with Gasteiger partial charge in [-0.05, 0) is 18.6 Å². The molecule has 0 aliphatic carbocycles. The summed E-state index contributed by atoms with van der Waals surface area (Å²) >= 11 is 0. The monoisotopic (exact) mass is 496 g/mol. The fourth-order valence-electron chi connectivity index (χ4n) is 2.70. The number of rotatable bonds is 8. The fourth-order valence-corrected chi connectivity index (χ4v) is 2.70. The van der Waals surface area contributed by atoms with Crippen LogP contribution >= 0.6 is 24.0 Å². The number of para-hydroxylation sites is 1. The molecule has 6 nitrogen and oxygen atoms in total. The Kier molecular flexibility index (Phi) is 11.0. The standard InChI is InChI=1S/C21H28N4O2.HI/c1-4-25(16-17-10-6-5-7-11-17)20(26)15-24-21(22-2)23-14-18-12-8-9-13-19(18)27-3;/h5-13H,4,14-16H2,1-3H3,(H2,22,23,24);1H. The van der Waals surface area contributed by atoms with E-state index in [4.69, 9.17) is 4.74 Å². The van der Waals surface area contributed by atoms with Crippen LogP contribution in [-0.2, 0) is 17.9 Å². The van der Waals surface area contributed by atoms with E-state index in [1.807, 2.05) is 66.4 Å². The van der Waals surface area contributed by atoms with E-state index in [2.05, 4.69) is 15.6 Å². The smallest absolute Gasteiger partial charge is 0.242 e. The molecule has 0 unspecified atom stereocenters. The van der Waals surface area contributed by atoms with Crippen LogP contribution in [0.1, 0.15) is 18.1 Å². The maximum Gasteiger partial charge on any atom is 0.242 e. The number of methoxy groups -OCH3 is 1. The summed E-state index contributed by atoms with van der Waals surface area (Å²) in [6.45, 7) is 3.98. The molecule has 0 aliphatic heterocycles. The molecule has 2 aromatic rings. The lowest BCUT2D eigenvalue weighted by atomic mass is 10.2. The van der Waals surface area contributed by atoms with Crippen molar-refractivity contribution in [1.29, 1.82) is 0 Å². The van der Waals surface area contributed by atoms with Crippen LogP contribution in [-0.4, -0.2) is 44.0 Å². The molecule has 0 saturated carbocycles. The number of aliphatic imine (C=N–C) groups is 1. The molecule has 0 aliphatic rings. The summed E-state index contributed by atoms with van der Waals surface area (Å²) in [6, 6.07) is 17.8. The van der Waals surface area contributed by atoms with Gasteiger partial charge in [-0.1, -0.05) is 48.5 Å². The lowest BCUT2D eigenvalue weighted by Gasteiger charge is -2.22. The van der Waals surface area contributed by atoms with Crippen LogP contribution < -0.4 is 15.4 Å². The molecule has 2 aromatic carbocycles. The van der Waals surface area contributed by atoms with Gasteiger partial charge in [0.15, 0.2) is 5.96 Å². The minimum Gasteiger partial charge on any atom is -0.496 e. The molecule has 1 amide bonds. The summed E-state index contributed by atoms with van der Waals surface area (Å²) < 4.78 is 5.35. The summed E-state index contributed by atoms with van der Waals surface area (Å²) in [4.78, 5) is 18.5. The van der Waals surface area contributed by atoms with E-state index in [0.29, 0.717) is 25.6 Å². The predicted octanol–water partition coefficient (Wildman–Crippen LogP) is 3.03. The molecule has 2 N–H and O–H groups in total. The van der Waals surface area contributed by atoms with Crippen molar-refractivity contribution >= 4 is 35.8 Å². The minimum absolute atomic E-state index is 0. The molecule has 0 radical (unpaired) electrons. The Morgan fingerprint density at radius 3 is 2.39 bits per heavy atom. The van der Waals surface area contributed by atoms with Crippen molar-refractivity contribution < 1.29 is 9.53 Å². The largest absolute Gasteiger partial charge is 0.496 e. The van der Waals surface area contributed by atoms with E-state index in [0.717, 1.165) is 16.9 Å². The van der Waals surface area contributed by atoms with Crippen molar-refractivity contribution in [2.75, 3.05) is 27.2 Å². The van der Waals surface area contributed by atoms with Gasteiger partial charge in [-0.25, -0.2) is 0 Å². The summed E-state index contributed by atoms with van der Waals surface area (Å²) in [6.07, 6.45) is 0. The van der Waals surface area contributed by atoms with Gasteiger partial charge in [0.2, 0.25) is 5.91 Å². The van der Waals surface area contributed by atoms with Crippen LogP contribution in [0.2, 0.25) is 0 Å². The number of likely N-dealkylation sites (N-methyl/N-ethyl adjacent to an activating group) is 1. The van der Waals surface area contributed by atoms with E-state index in [9.17, 15) is 4.79 Å². The van der Waals surface area contributed by atoms with E-state index in [1.54, 1.807) is 14.2 Å². The number of ether oxygens (including phenoxy) is 1. The van der Waals surface area contributed by atoms with Gasteiger partial charge in [-0.2, -0.15) is 0 Å². The second-order valence-corrected chi connectivity index (χ2v) is 5.98. The lowest BCUT2D eigenvalue weighted by molar-refractivity contribution is -0.130. The Hall–Kier alpha value is -2.29. The van der Waals surface area contributed by atoms with Gasteiger partial charge < -0.3 is 20.3 Å². The van der Waals surface area contributed by atoms with Crippen molar-refractivity contribution in [3.05, 3.63) is 65.7 Å². The van der Waals surface area contributed by atoms with Gasteiger partial charge in [0.05, 0.1) is 13.7 Å². The number of benzene rings is 2. The molecule has 0 bridgehead atoms. The Labute approximate surface area is 184 Å². The zero-order valence-electron chi connectivity index (χ0n) is 16.6. The number of carbonyl (C=O) groups excluding carboxylic acids is 1. The molecule has 0 aromatic heterocycles. The fraction of sp³-hybridized carbons (Fsp3) is 0.333. The number of nitrogens with zero attached hydrogens (tertiary/aromatic N) is 2. The quantitative estimate of drug-likeness (QED) is 0.335. The second kappa shape index (κ2) is 13.0. The molecule has 152 valence electrons. The summed E-state index contributed by atoms with van der Waals surface area (Å²) in [5.41, 5.74) is 2.14. The number of amides is 1. The number of carbonyl (C=O) groups is 1. The van der Waals surface area contributed by atoms with Gasteiger partial charge in [0.25, 0.3) is 0 Å². The third-order valence-corrected chi connectivity index (χ3v) is 4.22. The molecule has 7 heteroatoms. The SMILES string of the molecule is CCN(Cc1ccccc1)C(=O)CNC(=NC)NCc1ccccc1OC.I. The normalized spacial score (nSPS) is 10.6. The first kappa shape index (κ1) is 23.7. The Morgan fingerprint density at radius 2 is 1.75 bits per heavy atom. The van der Waals surface area contributed by atoms with E-state index in [-0.39, 0.29) is 36.4 Å².